The standard InChI is InChI=1S/C17H24BrF2N/c1-2-11-21-16(12-14-5-3-4-6-15(14)18)13-7-9-17(19,20)10-8-13/h3-6,13,16,21H,2,7-12H2,1H3. The fourth-order valence-corrected chi connectivity index (χ4v) is 3.55. The van der Waals surface area contributed by atoms with E-state index in [9.17, 15) is 8.78 Å². The van der Waals surface area contributed by atoms with Gasteiger partial charge in [0, 0.05) is 23.4 Å². The van der Waals surface area contributed by atoms with Gasteiger partial charge in [0.15, 0.2) is 0 Å². The zero-order valence-electron chi connectivity index (χ0n) is 12.5. The van der Waals surface area contributed by atoms with E-state index >= 15 is 0 Å². The van der Waals surface area contributed by atoms with Crippen molar-refractivity contribution in [2.75, 3.05) is 6.54 Å². The molecule has 0 aromatic heterocycles. The molecule has 4 heteroatoms. The first-order valence-corrected chi connectivity index (χ1v) is 8.66. The Bertz CT molecular complexity index is 440. The number of alkyl halides is 2. The van der Waals surface area contributed by atoms with Crippen molar-refractivity contribution in [1.29, 1.82) is 0 Å². The first kappa shape index (κ1) is 16.9. The van der Waals surface area contributed by atoms with Crippen molar-refractivity contribution in [3.8, 4) is 0 Å². The monoisotopic (exact) mass is 359 g/mol. The molecule has 0 heterocycles. The molecule has 1 atom stereocenters. The number of nitrogens with one attached hydrogen (secondary N) is 1. The molecule has 1 aromatic carbocycles. The first-order chi connectivity index (χ1) is 10.0. The molecule has 1 aliphatic carbocycles. The molecule has 2 rings (SSSR count). The van der Waals surface area contributed by atoms with E-state index in [1.165, 1.54) is 5.56 Å². The van der Waals surface area contributed by atoms with E-state index in [1.54, 1.807) is 0 Å². The smallest absolute Gasteiger partial charge is 0.248 e. The quantitative estimate of drug-likeness (QED) is 0.737. The number of rotatable bonds is 6. The third-order valence-corrected chi connectivity index (χ3v) is 5.16. The Labute approximate surface area is 134 Å². The minimum atomic E-state index is -2.45. The Morgan fingerprint density at radius 1 is 1.29 bits per heavy atom. The van der Waals surface area contributed by atoms with Crippen molar-refractivity contribution in [2.24, 2.45) is 5.92 Å². The van der Waals surface area contributed by atoms with Gasteiger partial charge in [-0.25, -0.2) is 8.78 Å². The largest absolute Gasteiger partial charge is 0.313 e. The average molecular weight is 360 g/mol. The van der Waals surface area contributed by atoms with E-state index in [-0.39, 0.29) is 12.8 Å². The predicted octanol–water partition coefficient (Wildman–Crippen LogP) is 5.19. The van der Waals surface area contributed by atoms with Gasteiger partial charge in [-0.05, 0) is 49.8 Å². The summed E-state index contributed by atoms with van der Waals surface area (Å²) >= 11 is 3.59. The van der Waals surface area contributed by atoms with Gasteiger partial charge in [0.05, 0.1) is 0 Å². The second kappa shape index (κ2) is 7.68. The highest BCUT2D eigenvalue weighted by Crippen LogP contribution is 2.38. The first-order valence-electron chi connectivity index (χ1n) is 7.86. The molecule has 1 aromatic rings. The fourth-order valence-electron chi connectivity index (χ4n) is 3.10. The van der Waals surface area contributed by atoms with E-state index in [4.69, 9.17) is 0 Å². The van der Waals surface area contributed by atoms with Gasteiger partial charge in [0.25, 0.3) is 0 Å². The van der Waals surface area contributed by atoms with E-state index in [2.05, 4.69) is 34.2 Å². The molecule has 1 unspecified atom stereocenters. The van der Waals surface area contributed by atoms with Crippen LogP contribution in [0.4, 0.5) is 8.78 Å². The average Bonchev–Trinajstić information content (AvgIpc) is 2.46. The molecule has 1 saturated carbocycles. The van der Waals surface area contributed by atoms with Crippen LogP contribution in [0.1, 0.15) is 44.6 Å². The molecule has 118 valence electrons. The van der Waals surface area contributed by atoms with Crippen LogP contribution in [-0.2, 0) is 6.42 Å². The van der Waals surface area contributed by atoms with Crippen molar-refractivity contribution in [2.45, 2.75) is 57.4 Å². The van der Waals surface area contributed by atoms with Gasteiger partial charge in [0.1, 0.15) is 0 Å². The van der Waals surface area contributed by atoms with Gasteiger partial charge < -0.3 is 5.32 Å². The zero-order valence-corrected chi connectivity index (χ0v) is 14.1. The highest BCUT2D eigenvalue weighted by atomic mass is 79.9. The lowest BCUT2D eigenvalue weighted by atomic mass is 9.80. The number of hydrogen-bond acceptors (Lipinski definition) is 1. The summed E-state index contributed by atoms with van der Waals surface area (Å²) in [5.74, 6) is -2.10. The Kier molecular flexibility index (Phi) is 6.18. The lowest BCUT2D eigenvalue weighted by molar-refractivity contribution is -0.0495. The molecule has 0 bridgehead atoms. The molecule has 0 aliphatic heterocycles. The van der Waals surface area contributed by atoms with Crippen molar-refractivity contribution >= 4 is 15.9 Å². The Morgan fingerprint density at radius 3 is 2.57 bits per heavy atom. The Balaban J connectivity index is 2.03. The van der Waals surface area contributed by atoms with Crippen LogP contribution < -0.4 is 5.32 Å². The summed E-state index contributed by atoms with van der Waals surface area (Å²) in [6.45, 7) is 3.08. The SMILES string of the molecule is CCCNC(Cc1ccccc1Br)C1CCC(F)(F)CC1. The second-order valence-electron chi connectivity index (χ2n) is 6.05. The third-order valence-electron chi connectivity index (χ3n) is 4.39. The van der Waals surface area contributed by atoms with Crippen molar-refractivity contribution < 1.29 is 8.78 Å². The van der Waals surface area contributed by atoms with Gasteiger partial charge in [-0.1, -0.05) is 41.1 Å². The van der Waals surface area contributed by atoms with Crippen molar-refractivity contribution in [3.63, 3.8) is 0 Å². The molecule has 0 amide bonds. The van der Waals surface area contributed by atoms with Crippen LogP contribution in [0.2, 0.25) is 0 Å². The predicted molar refractivity (Wildman–Crippen MR) is 86.8 cm³/mol. The van der Waals surface area contributed by atoms with E-state index in [0.29, 0.717) is 24.8 Å². The molecular weight excluding hydrogens is 336 g/mol. The van der Waals surface area contributed by atoms with Gasteiger partial charge >= 0.3 is 0 Å². The van der Waals surface area contributed by atoms with Crippen LogP contribution in [0, 0.1) is 5.92 Å². The van der Waals surface area contributed by atoms with Crippen LogP contribution in [0.25, 0.3) is 0 Å². The molecule has 0 radical (unpaired) electrons. The van der Waals surface area contributed by atoms with Gasteiger partial charge in [-0.3, -0.25) is 0 Å². The fraction of sp³-hybridized carbons (Fsp3) is 0.647. The lowest BCUT2D eigenvalue weighted by Crippen LogP contribution is -2.41. The maximum Gasteiger partial charge on any atom is 0.248 e. The summed E-state index contributed by atoms with van der Waals surface area (Å²) < 4.78 is 27.8. The molecule has 21 heavy (non-hydrogen) atoms. The molecular formula is C17H24BrF2N. The normalized spacial score (nSPS) is 20.4. The van der Waals surface area contributed by atoms with Crippen molar-refractivity contribution in [3.05, 3.63) is 34.3 Å². The molecule has 1 aliphatic rings. The second-order valence-corrected chi connectivity index (χ2v) is 6.90. The Hall–Kier alpha value is -0.480. The van der Waals surface area contributed by atoms with Crippen LogP contribution in [0.5, 0.6) is 0 Å². The van der Waals surface area contributed by atoms with Crippen LogP contribution in [0.15, 0.2) is 28.7 Å². The van der Waals surface area contributed by atoms with Gasteiger partial charge in [-0.2, -0.15) is 0 Å². The maximum atomic E-state index is 13.4. The van der Waals surface area contributed by atoms with E-state index in [0.717, 1.165) is 23.9 Å². The number of hydrogen-bond donors (Lipinski definition) is 1. The molecule has 1 fully saturated rings. The van der Waals surface area contributed by atoms with E-state index < -0.39 is 5.92 Å². The minimum Gasteiger partial charge on any atom is -0.313 e. The lowest BCUT2D eigenvalue weighted by Gasteiger charge is -2.34. The third kappa shape index (κ3) is 5.03. The summed E-state index contributed by atoms with van der Waals surface area (Å²) in [5, 5.41) is 3.58. The highest BCUT2D eigenvalue weighted by Gasteiger charge is 2.37. The highest BCUT2D eigenvalue weighted by molar-refractivity contribution is 9.10. The van der Waals surface area contributed by atoms with E-state index in [1.807, 2.05) is 18.2 Å². The van der Waals surface area contributed by atoms with Crippen LogP contribution >= 0.6 is 15.9 Å². The summed E-state index contributed by atoms with van der Waals surface area (Å²) in [4.78, 5) is 0. The number of halogens is 3. The molecule has 0 spiro atoms. The number of benzene rings is 1. The van der Waals surface area contributed by atoms with Crippen LogP contribution in [-0.4, -0.2) is 18.5 Å². The van der Waals surface area contributed by atoms with Gasteiger partial charge in [-0.15, -0.1) is 0 Å². The Morgan fingerprint density at radius 2 is 1.95 bits per heavy atom. The van der Waals surface area contributed by atoms with Gasteiger partial charge in [0.2, 0.25) is 5.92 Å². The molecule has 1 N–H and O–H groups in total. The topological polar surface area (TPSA) is 12.0 Å². The molecule has 1 nitrogen and oxygen atoms in total. The summed E-state index contributed by atoms with van der Waals surface area (Å²) in [7, 11) is 0. The molecule has 0 saturated heterocycles. The summed E-state index contributed by atoms with van der Waals surface area (Å²) in [6, 6.07) is 8.48. The summed E-state index contributed by atoms with van der Waals surface area (Å²) in [6.07, 6.45) is 3.29. The maximum absolute atomic E-state index is 13.4. The summed E-state index contributed by atoms with van der Waals surface area (Å²) in [5.41, 5.74) is 1.25. The van der Waals surface area contributed by atoms with Crippen LogP contribution in [0.3, 0.4) is 0 Å². The van der Waals surface area contributed by atoms with Crippen molar-refractivity contribution in [1.82, 2.24) is 5.32 Å². The minimum absolute atomic E-state index is 0.0396. The zero-order chi connectivity index (χ0) is 15.3.